The Labute approximate surface area is 233 Å². The Morgan fingerprint density at radius 1 is 1.02 bits per heavy atom. The number of esters is 1. The molecule has 0 fully saturated rings. The average Bonchev–Trinajstić information content (AvgIpc) is 3.29. The fourth-order valence-electron chi connectivity index (χ4n) is 4.24. The number of aryl methyl sites for hydroxylation is 2. The lowest BCUT2D eigenvalue weighted by Crippen LogP contribution is -2.50. The molecule has 2 aromatic heterocycles. The summed E-state index contributed by atoms with van der Waals surface area (Å²) in [6.07, 6.45) is -2.81. The second-order valence-electron chi connectivity index (χ2n) is 11.5. The van der Waals surface area contributed by atoms with Crippen LogP contribution in [0.2, 0.25) is 0 Å². The fourth-order valence-corrected chi connectivity index (χ4v) is 4.24. The standard InChI is InChI=1S/C30H40F3N3O4/c1-7-20-10-12-22(23(8-2)36-20)25-13-18-9-11-21(14-24(18)40-25)38-16-19(30(31,32)33)17-39-27(37)29(5,6)26(34)15-28(3,4)35/h9-14,19,26H,7-8,15-17,34-35H2,1-6H3. The molecule has 4 N–H and O–H groups in total. The maximum absolute atomic E-state index is 13.8. The van der Waals surface area contributed by atoms with Crippen molar-refractivity contribution in [2.24, 2.45) is 22.8 Å². The van der Waals surface area contributed by atoms with Crippen molar-refractivity contribution in [3.05, 3.63) is 47.8 Å². The molecule has 1 aromatic carbocycles. The van der Waals surface area contributed by atoms with Crippen molar-refractivity contribution in [1.82, 2.24) is 4.98 Å². The molecule has 0 aliphatic heterocycles. The molecule has 0 radical (unpaired) electrons. The molecular weight excluding hydrogens is 523 g/mol. The molecule has 0 bridgehead atoms. The summed E-state index contributed by atoms with van der Waals surface area (Å²) in [5.74, 6) is -2.03. The summed E-state index contributed by atoms with van der Waals surface area (Å²) >= 11 is 0. The van der Waals surface area contributed by atoms with Crippen LogP contribution in [0, 0.1) is 11.3 Å². The number of rotatable bonds is 12. The number of hydrogen-bond acceptors (Lipinski definition) is 7. The molecule has 0 saturated carbocycles. The molecule has 220 valence electrons. The molecule has 40 heavy (non-hydrogen) atoms. The molecule has 0 aliphatic rings. The van der Waals surface area contributed by atoms with E-state index in [1.165, 1.54) is 13.8 Å². The quantitative estimate of drug-likeness (QED) is 0.252. The number of carbonyl (C=O) groups excluding carboxylic acids is 1. The lowest BCUT2D eigenvalue weighted by molar-refractivity contribution is -0.199. The van der Waals surface area contributed by atoms with Gasteiger partial charge in [-0.3, -0.25) is 9.78 Å². The van der Waals surface area contributed by atoms with Crippen LogP contribution in [-0.2, 0) is 22.4 Å². The Morgan fingerprint density at radius 2 is 1.73 bits per heavy atom. The number of furan rings is 1. The lowest BCUT2D eigenvalue weighted by Gasteiger charge is -2.34. The van der Waals surface area contributed by atoms with Gasteiger partial charge in [0.25, 0.3) is 0 Å². The third kappa shape index (κ3) is 7.75. The molecule has 3 rings (SSSR count). The Hall–Kier alpha value is -3.11. The number of hydrogen-bond donors (Lipinski definition) is 2. The van der Waals surface area contributed by atoms with E-state index in [4.69, 9.17) is 25.4 Å². The van der Waals surface area contributed by atoms with Crippen LogP contribution >= 0.6 is 0 Å². The first-order chi connectivity index (χ1) is 18.5. The minimum absolute atomic E-state index is 0.205. The van der Waals surface area contributed by atoms with Crippen molar-refractivity contribution in [1.29, 1.82) is 0 Å². The first-order valence-corrected chi connectivity index (χ1v) is 13.5. The Morgan fingerprint density at radius 3 is 2.33 bits per heavy atom. The zero-order valence-corrected chi connectivity index (χ0v) is 24.0. The minimum Gasteiger partial charge on any atom is -0.493 e. The number of nitrogens with two attached hydrogens (primary N) is 2. The SMILES string of the molecule is CCc1ccc(-c2cc3ccc(OCC(COC(=O)C(C)(C)C(N)CC(C)(C)N)C(F)(F)F)cc3o2)c(CC)n1. The van der Waals surface area contributed by atoms with E-state index in [9.17, 15) is 18.0 Å². The van der Waals surface area contributed by atoms with Crippen molar-refractivity contribution in [2.45, 2.75) is 78.6 Å². The number of fused-ring (bicyclic) bond motifs is 1. The molecule has 0 spiro atoms. The summed E-state index contributed by atoms with van der Waals surface area (Å²) in [6.45, 7) is 9.02. The number of ether oxygens (including phenoxy) is 2. The maximum Gasteiger partial charge on any atom is 0.398 e. The summed E-state index contributed by atoms with van der Waals surface area (Å²) in [5.41, 5.74) is 13.5. The molecule has 2 atom stereocenters. The number of aromatic nitrogens is 1. The summed E-state index contributed by atoms with van der Waals surface area (Å²) in [4.78, 5) is 17.4. The van der Waals surface area contributed by atoms with Gasteiger partial charge in [0, 0.05) is 34.3 Å². The first-order valence-electron chi connectivity index (χ1n) is 13.5. The van der Waals surface area contributed by atoms with Crippen LogP contribution in [0.5, 0.6) is 5.75 Å². The molecule has 0 amide bonds. The van der Waals surface area contributed by atoms with Gasteiger partial charge in [0.05, 0.1) is 11.1 Å². The summed E-state index contributed by atoms with van der Waals surface area (Å²) in [5, 5.41) is 0.782. The minimum atomic E-state index is -4.65. The molecule has 7 nitrogen and oxygen atoms in total. The second kappa shape index (κ2) is 12.2. The highest BCUT2D eigenvalue weighted by molar-refractivity contribution is 5.84. The Bertz CT molecular complexity index is 1310. The molecule has 3 aromatic rings. The fraction of sp³-hybridized carbons (Fsp3) is 0.533. The van der Waals surface area contributed by atoms with Crippen molar-refractivity contribution in [3.63, 3.8) is 0 Å². The number of pyridine rings is 1. The zero-order valence-electron chi connectivity index (χ0n) is 24.0. The monoisotopic (exact) mass is 563 g/mol. The van der Waals surface area contributed by atoms with Crippen LogP contribution < -0.4 is 16.2 Å². The third-order valence-corrected chi connectivity index (χ3v) is 7.01. The van der Waals surface area contributed by atoms with Crippen LogP contribution in [0.15, 0.2) is 40.8 Å². The molecule has 10 heteroatoms. The van der Waals surface area contributed by atoms with E-state index >= 15 is 0 Å². The predicted octanol–water partition coefficient (Wildman–Crippen LogP) is 6.20. The van der Waals surface area contributed by atoms with Gasteiger partial charge < -0.3 is 25.4 Å². The van der Waals surface area contributed by atoms with E-state index in [-0.39, 0.29) is 12.2 Å². The van der Waals surface area contributed by atoms with Gasteiger partial charge in [-0.1, -0.05) is 13.8 Å². The zero-order chi connectivity index (χ0) is 29.9. The van der Waals surface area contributed by atoms with Crippen molar-refractivity contribution >= 4 is 16.9 Å². The summed E-state index contributed by atoms with van der Waals surface area (Å²) in [6, 6.07) is 9.96. The third-order valence-electron chi connectivity index (χ3n) is 7.01. The molecule has 0 aliphatic carbocycles. The van der Waals surface area contributed by atoms with Crippen molar-refractivity contribution in [3.8, 4) is 17.1 Å². The van der Waals surface area contributed by atoms with Gasteiger partial charge in [-0.05, 0) is 77.3 Å². The molecular formula is C30H40F3N3O4. The molecule has 2 unspecified atom stereocenters. The second-order valence-corrected chi connectivity index (χ2v) is 11.5. The van der Waals surface area contributed by atoms with E-state index < -0.39 is 48.3 Å². The average molecular weight is 564 g/mol. The van der Waals surface area contributed by atoms with E-state index in [0.29, 0.717) is 11.3 Å². The van der Waals surface area contributed by atoms with Crippen LogP contribution in [0.1, 0.15) is 59.4 Å². The molecule has 2 heterocycles. The number of benzene rings is 1. The van der Waals surface area contributed by atoms with Crippen LogP contribution in [0.25, 0.3) is 22.3 Å². The number of alkyl halides is 3. The largest absolute Gasteiger partial charge is 0.493 e. The smallest absolute Gasteiger partial charge is 0.398 e. The van der Waals surface area contributed by atoms with E-state index in [1.54, 1.807) is 32.0 Å². The Balaban J connectivity index is 1.70. The first kappa shape index (κ1) is 31.4. The highest BCUT2D eigenvalue weighted by atomic mass is 19.4. The van der Waals surface area contributed by atoms with Gasteiger partial charge in [-0.2, -0.15) is 13.2 Å². The normalized spacial score (nSPS) is 14.3. The maximum atomic E-state index is 13.8. The Kier molecular flexibility index (Phi) is 9.57. The van der Waals surface area contributed by atoms with Gasteiger partial charge in [-0.15, -0.1) is 0 Å². The number of nitrogens with zero attached hydrogens (tertiary/aromatic N) is 1. The van der Waals surface area contributed by atoms with Crippen LogP contribution in [0.4, 0.5) is 13.2 Å². The lowest BCUT2D eigenvalue weighted by atomic mass is 9.79. The van der Waals surface area contributed by atoms with Gasteiger partial charge in [0.2, 0.25) is 0 Å². The highest BCUT2D eigenvalue weighted by Crippen LogP contribution is 2.34. The van der Waals surface area contributed by atoms with Crippen molar-refractivity contribution in [2.75, 3.05) is 13.2 Å². The van der Waals surface area contributed by atoms with E-state index in [2.05, 4.69) is 4.98 Å². The van der Waals surface area contributed by atoms with Gasteiger partial charge in [0.1, 0.15) is 36.2 Å². The summed E-state index contributed by atoms with van der Waals surface area (Å²) < 4.78 is 58.0. The number of carbonyl (C=O) groups is 1. The van der Waals surface area contributed by atoms with E-state index in [1.807, 2.05) is 32.0 Å². The predicted molar refractivity (Wildman–Crippen MR) is 149 cm³/mol. The van der Waals surface area contributed by atoms with Crippen LogP contribution in [0.3, 0.4) is 0 Å². The highest BCUT2D eigenvalue weighted by Gasteiger charge is 2.43. The topological polar surface area (TPSA) is 114 Å². The van der Waals surface area contributed by atoms with Crippen molar-refractivity contribution < 1.29 is 31.9 Å². The number of halogens is 3. The van der Waals surface area contributed by atoms with Gasteiger partial charge in [-0.25, -0.2) is 0 Å². The van der Waals surface area contributed by atoms with Gasteiger partial charge >= 0.3 is 12.1 Å². The van der Waals surface area contributed by atoms with E-state index in [0.717, 1.165) is 35.2 Å². The van der Waals surface area contributed by atoms with Gasteiger partial charge in [0.15, 0.2) is 0 Å². The van der Waals surface area contributed by atoms with Crippen LogP contribution in [-0.4, -0.2) is 41.9 Å². The summed E-state index contributed by atoms with van der Waals surface area (Å²) in [7, 11) is 0. The molecule has 0 saturated heterocycles.